The third-order valence-electron chi connectivity index (χ3n) is 5.33. The number of hydrogen-bond donors (Lipinski definition) is 1. The van der Waals surface area contributed by atoms with E-state index >= 15 is 0 Å². The van der Waals surface area contributed by atoms with Crippen LogP contribution in [0.1, 0.15) is 19.3 Å². The van der Waals surface area contributed by atoms with Crippen LogP contribution in [0.15, 0.2) is 23.9 Å². The molecule has 3 rings (SSSR count). The quantitative estimate of drug-likeness (QED) is 0.448. The first-order valence-electron chi connectivity index (χ1n) is 8.36. The molecular weight excluding hydrogens is 355 g/mol. The number of alkyl halides is 3. The van der Waals surface area contributed by atoms with Crippen molar-refractivity contribution < 1.29 is 37.3 Å². The van der Waals surface area contributed by atoms with E-state index in [4.69, 9.17) is 9.47 Å². The van der Waals surface area contributed by atoms with Crippen LogP contribution in [0.4, 0.5) is 13.2 Å². The smallest absolute Gasteiger partial charge is 0.415 e. The summed E-state index contributed by atoms with van der Waals surface area (Å²) < 4.78 is 49.4. The highest BCUT2D eigenvalue weighted by molar-refractivity contribution is 6.01. The highest BCUT2D eigenvalue weighted by atomic mass is 19.4. The van der Waals surface area contributed by atoms with E-state index in [1.807, 2.05) is 0 Å². The van der Waals surface area contributed by atoms with Gasteiger partial charge in [0.1, 0.15) is 12.3 Å². The molecule has 2 aliphatic heterocycles. The fraction of sp³-hybridized carbons (Fsp3) is 0.647. The van der Waals surface area contributed by atoms with Gasteiger partial charge in [-0.3, -0.25) is 4.79 Å². The van der Waals surface area contributed by atoms with Crippen molar-refractivity contribution in [1.29, 1.82) is 0 Å². The minimum absolute atomic E-state index is 0.0379. The van der Waals surface area contributed by atoms with Crippen LogP contribution in [-0.4, -0.2) is 60.0 Å². The lowest BCUT2D eigenvalue weighted by Gasteiger charge is -2.48. The highest BCUT2D eigenvalue weighted by Gasteiger charge is 2.66. The molecule has 0 aromatic carbocycles. The van der Waals surface area contributed by atoms with Crippen LogP contribution in [0.3, 0.4) is 0 Å². The van der Waals surface area contributed by atoms with Crippen molar-refractivity contribution in [3.05, 3.63) is 23.9 Å². The first-order chi connectivity index (χ1) is 12.2. The predicted octanol–water partition coefficient (Wildman–Crippen LogP) is 1.55. The molecule has 0 unspecified atom stereocenters. The van der Waals surface area contributed by atoms with Crippen LogP contribution in [0.2, 0.25) is 0 Å². The van der Waals surface area contributed by atoms with Crippen LogP contribution < -0.4 is 0 Å². The number of aliphatic hydroxyl groups is 1. The summed E-state index contributed by atoms with van der Waals surface area (Å²) in [5.41, 5.74) is 0.465. The molecule has 9 heteroatoms. The molecular formula is C17H20F3NO5. The Kier molecular flexibility index (Phi) is 4.87. The van der Waals surface area contributed by atoms with Crippen LogP contribution in [0.5, 0.6) is 0 Å². The average molecular weight is 375 g/mol. The number of esters is 1. The SMILES string of the molecule is C=CCOC(=O)C1=C2[C@@H](OC)CCC[C@@H]2[C@@H]2[C@@H]([C@H](O)C(F)(F)F)C(=O)N12. The van der Waals surface area contributed by atoms with E-state index in [-0.39, 0.29) is 12.3 Å². The fourth-order valence-corrected chi connectivity index (χ4v) is 4.31. The summed E-state index contributed by atoms with van der Waals surface area (Å²) in [4.78, 5) is 25.9. The lowest BCUT2D eigenvalue weighted by atomic mass is 9.71. The molecule has 1 saturated carbocycles. The Labute approximate surface area is 148 Å². The van der Waals surface area contributed by atoms with Gasteiger partial charge in [0, 0.05) is 13.0 Å². The molecule has 2 fully saturated rings. The molecule has 144 valence electrons. The number of halogens is 3. The Bertz CT molecular complexity index is 659. The van der Waals surface area contributed by atoms with Gasteiger partial charge < -0.3 is 19.5 Å². The number of aliphatic hydroxyl groups excluding tert-OH is 1. The van der Waals surface area contributed by atoms with E-state index in [1.54, 1.807) is 0 Å². The molecule has 0 aromatic heterocycles. The van der Waals surface area contributed by atoms with Gasteiger partial charge in [0.15, 0.2) is 6.10 Å². The number of methoxy groups -OCH3 is 1. The zero-order valence-corrected chi connectivity index (χ0v) is 14.2. The van der Waals surface area contributed by atoms with Crippen LogP contribution in [0.25, 0.3) is 0 Å². The van der Waals surface area contributed by atoms with Gasteiger partial charge in [-0.15, -0.1) is 0 Å². The minimum atomic E-state index is -4.91. The van der Waals surface area contributed by atoms with E-state index < -0.39 is 48.1 Å². The summed E-state index contributed by atoms with van der Waals surface area (Å²) in [5, 5.41) is 9.65. The summed E-state index contributed by atoms with van der Waals surface area (Å²) in [7, 11) is 1.45. The lowest BCUT2D eigenvalue weighted by Crippen LogP contribution is -2.66. The van der Waals surface area contributed by atoms with Crippen LogP contribution in [0, 0.1) is 11.8 Å². The first-order valence-corrected chi connectivity index (χ1v) is 8.36. The van der Waals surface area contributed by atoms with Crippen molar-refractivity contribution in [1.82, 2.24) is 4.90 Å². The standard InChI is InChI=1S/C17H20F3NO5/c1-3-7-26-16(24)13-10-8(5-4-6-9(10)25-2)12-11(15(23)21(12)13)14(22)17(18,19)20/h3,8-9,11-12,14,22H,1,4-7H2,2H3/t8-,9-,11-,12+,14-/m0/s1. The molecule has 6 nitrogen and oxygen atoms in total. The summed E-state index contributed by atoms with van der Waals surface area (Å²) in [5.74, 6) is -3.78. The van der Waals surface area contributed by atoms with Gasteiger partial charge in [-0.05, 0) is 24.8 Å². The maximum absolute atomic E-state index is 13.0. The first kappa shape index (κ1) is 18.9. The van der Waals surface area contributed by atoms with E-state index in [2.05, 4.69) is 6.58 Å². The minimum Gasteiger partial charge on any atom is -0.457 e. The molecule has 5 atom stereocenters. The molecule has 1 saturated heterocycles. The second-order valence-corrected chi connectivity index (χ2v) is 6.66. The molecule has 0 aromatic rings. The molecule has 1 N–H and O–H groups in total. The monoisotopic (exact) mass is 375 g/mol. The van der Waals surface area contributed by atoms with E-state index in [9.17, 15) is 27.9 Å². The number of carbonyl (C=O) groups excluding carboxylic acids is 2. The van der Waals surface area contributed by atoms with Crippen LogP contribution in [-0.2, 0) is 19.1 Å². The molecule has 0 radical (unpaired) electrons. The number of rotatable bonds is 5. The maximum Gasteiger partial charge on any atom is 0.415 e. The number of ether oxygens (including phenoxy) is 2. The average Bonchev–Trinajstić information content (AvgIpc) is 2.89. The molecule has 0 spiro atoms. The number of hydrogen-bond acceptors (Lipinski definition) is 5. The van der Waals surface area contributed by atoms with Crippen molar-refractivity contribution >= 4 is 11.9 Å². The molecule has 1 aliphatic carbocycles. The van der Waals surface area contributed by atoms with E-state index in [0.29, 0.717) is 24.8 Å². The normalized spacial score (nSPS) is 31.9. The van der Waals surface area contributed by atoms with Crippen molar-refractivity contribution in [3.63, 3.8) is 0 Å². The molecule has 2 heterocycles. The number of amides is 1. The predicted molar refractivity (Wildman–Crippen MR) is 82.5 cm³/mol. The molecule has 3 aliphatic rings. The van der Waals surface area contributed by atoms with Crippen molar-refractivity contribution in [2.45, 2.75) is 43.7 Å². The largest absolute Gasteiger partial charge is 0.457 e. The van der Waals surface area contributed by atoms with Crippen molar-refractivity contribution in [2.24, 2.45) is 11.8 Å². The summed E-state index contributed by atoms with van der Waals surface area (Å²) in [6.07, 6.45) is -4.98. The van der Waals surface area contributed by atoms with Gasteiger partial charge in [0.05, 0.1) is 18.1 Å². The molecule has 0 bridgehead atoms. The van der Waals surface area contributed by atoms with Gasteiger partial charge in [-0.1, -0.05) is 12.7 Å². The van der Waals surface area contributed by atoms with Gasteiger partial charge in [0.25, 0.3) is 0 Å². The zero-order valence-electron chi connectivity index (χ0n) is 14.2. The Balaban J connectivity index is 1.98. The number of β-lactam (4-membered cyclic amide) rings is 1. The number of carbonyl (C=O) groups is 2. The lowest BCUT2D eigenvalue weighted by molar-refractivity contribution is -0.238. The second-order valence-electron chi connectivity index (χ2n) is 6.66. The fourth-order valence-electron chi connectivity index (χ4n) is 4.31. The summed E-state index contributed by atoms with van der Waals surface area (Å²) in [6.45, 7) is 3.36. The topological polar surface area (TPSA) is 76.1 Å². The van der Waals surface area contributed by atoms with Crippen LogP contribution >= 0.6 is 0 Å². The van der Waals surface area contributed by atoms with Gasteiger partial charge in [-0.2, -0.15) is 13.2 Å². The Hall–Kier alpha value is -1.87. The Morgan fingerprint density at radius 2 is 2.15 bits per heavy atom. The second kappa shape index (κ2) is 6.70. The van der Waals surface area contributed by atoms with Gasteiger partial charge >= 0.3 is 12.1 Å². The third-order valence-corrected chi connectivity index (χ3v) is 5.33. The van der Waals surface area contributed by atoms with E-state index in [1.165, 1.54) is 13.2 Å². The molecule has 1 amide bonds. The molecule has 26 heavy (non-hydrogen) atoms. The van der Waals surface area contributed by atoms with E-state index in [0.717, 1.165) is 4.90 Å². The van der Waals surface area contributed by atoms with Gasteiger partial charge in [-0.25, -0.2) is 4.79 Å². The third kappa shape index (κ3) is 2.73. The maximum atomic E-state index is 13.0. The summed E-state index contributed by atoms with van der Waals surface area (Å²) >= 11 is 0. The Morgan fingerprint density at radius 1 is 1.46 bits per heavy atom. The number of fused-ring (bicyclic) bond motifs is 3. The highest BCUT2D eigenvalue weighted by Crippen LogP contribution is 2.54. The number of nitrogens with zero attached hydrogens (tertiary/aromatic N) is 1. The Morgan fingerprint density at radius 3 is 2.73 bits per heavy atom. The van der Waals surface area contributed by atoms with Gasteiger partial charge in [0.2, 0.25) is 5.91 Å². The van der Waals surface area contributed by atoms with Crippen molar-refractivity contribution in [3.8, 4) is 0 Å². The zero-order chi connectivity index (χ0) is 19.2. The summed E-state index contributed by atoms with van der Waals surface area (Å²) in [6, 6.07) is -0.904. The van der Waals surface area contributed by atoms with Crippen molar-refractivity contribution in [2.75, 3.05) is 13.7 Å².